The lowest BCUT2D eigenvalue weighted by atomic mass is 10.0. The van der Waals surface area contributed by atoms with Gasteiger partial charge in [0.05, 0.1) is 13.2 Å². The number of benzene rings is 3. The molecule has 2 nitrogen and oxygen atoms in total. The van der Waals surface area contributed by atoms with E-state index in [2.05, 4.69) is 0 Å². The van der Waals surface area contributed by atoms with Crippen LogP contribution in [-0.4, -0.2) is 18.2 Å². The standard InChI is InChI=1S/C25H24F3NO/c1-19(22-11-7-4-8-12-22)29(18-21-9-5-3-6-10-21)24(25(26,27)28)17-20-13-15-23(30-2)16-14-20/h3-17,19H,18H2,1-2H3/b24-17-. The van der Waals surface area contributed by atoms with Crippen molar-refractivity contribution in [3.8, 4) is 5.75 Å². The molecule has 0 aliphatic carbocycles. The molecule has 0 amide bonds. The normalized spacial score (nSPS) is 13.0. The van der Waals surface area contributed by atoms with Crippen molar-refractivity contribution >= 4 is 6.08 Å². The molecule has 0 aromatic heterocycles. The number of ether oxygens (including phenoxy) is 1. The molecule has 1 unspecified atom stereocenters. The molecule has 3 rings (SSSR count). The van der Waals surface area contributed by atoms with Crippen molar-refractivity contribution in [2.24, 2.45) is 0 Å². The van der Waals surface area contributed by atoms with Crippen LogP contribution in [0.3, 0.4) is 0 Å². The van der Waals surface area contributed by atoms with E-state index in [4.69, 9.17) is 4.74 Å². The number of methoxy groups -OCH3 is 1. The number of hydrogen-bond donors (Lipinski definition) is 0. The number of allylic oxidation sites excluding steroid dienone is 1. The van der Waals surface area contributed by atoms with E-state index in [1.165, 1.54) is 18.1 Å². The third-order valence-electron chi connectivity index (χ3n) is 4.96. The van der Waals surface area contributed by atoms with Crippen LogP contribution in [0.15, 0.2) is 90.6 Å². The zero-order chi connectivity index (χ0) is 21.6. The van der Waals surface area contributed by atoms with Crippen molar-refractivity contribution < 1.29 is 17.9 Å². The summed E-state index contributed by atoms with van der Waals surface area (Å²) in [7, 11) is 1.52. The summed E-state index contributed by atoms with van der Waals surface area (Å²) < 4.78 is 47.8. The summed E-state index contributed by atoms with van der Waals surface area (Å²) in [5, 5.41) is 0. The van der Waals surface area contributed by atoms with Crippen molar-refractivity contribution in [2.75, 3.05) is 7.11 Å². The van der Waals surface area contributed by atoms with E-state index >= 15 is 0 Å². The molecule has 0 saturated carbocycles. The quantitative estimate of drug-likeness (QED) is 0.421. The highest BCUT2D eigenvalue weighted by molar-refractivity contribution is 5.55. The minimum absolute atomic E-state index is 0.137. The van der Waals surface area contributed by atoms with E-state index < -0.39 is 17.9 Å². The van der Waals surface area contributed by atoms with Crippen LogP contribution in [0.4, 0.5) is 13.2 Å². The van der Waals surface area contributed by atoms with Gasteiger partial charge in [0, 0.05) is 6.54 Å². The molecule has 5 heteroatoms. The zero-order valence-electron chi connectivity index (χ0n) is 16.9. The number of alkyl halides is 3. The molecule has 1 atom stereocenters. The maximum atomic E-state index is 14.2. The second-order valence-corrected chi connectivity index (χ2v) is 7.00. The van der Waals surface area contributed by atoms with Crippen LogP contribution < -0.4 is 4.74 Å². The van der Waals surface area contributed by atoms with Crippen LogP contribution in [0.2, 0.25) is 0 Å². The van der Waals surface area contributed by atoms with Crippen LogP contribution in [0.25, 0.3) is 6.08 Å². The number of hydrogen-bond acceptors (Lipinski definition) is 2. The van der Waals surface area contributed by atoms with Crippen LogP contribution in [0, 0.1) is 0 Å². The van der Waals surface area contributed by atoms with E-state index in [0.29, 0.717) is 11.3 Å². The van der Waals surface area contributed by atoms with Gasteiger partial charge in [0.1, 0.15) is 11.4 Å². The summed E-state index contributed by atoms with van der Waals surface area (Å²) in [6.45, 7) is 1.93. The summed E-state index contributed by atoms with van der Waals surface area (Å²) in [5.74, 6) is 0.597. The van der Waals surface area contributed by atoms with Gasteiger partial charge in [-0.25, -0.2) is 0 Å². The molecule has 30 heavy (non-hydrogen) atoms. The zero-order valence-corrected chi connectivity index (χ0v) is 16.9. The van der Waals surface area contributed by atoms with Crippen molar-refractivity contribution in [2.45, 2.75) is 25.7 Å². The highest BCUT2D eigenvalue weighted by atomic mass is 19.4. The molecule has 0 aliphatic heterocycles. The largest absolute Gasteiger partial charge is 0.497 e. The van der Waals surface area contributed by atoms with Gasteiger partial charge in [-0.1, -0.05) is 72.8 Å². The Morgan fingerprint density at radius 2 is 1.47 bits per heavy atom. The Morgan fingerprint density at radius 1 is 0.900 bits per heavy atom. The predicted molar refractivity (Wildman–Crippen MR) is 114 cm³/mol. The van der Waals surface area contributed by atoms with Crippen molar-refractivity contribution in [1.82, 2.24) is 4.90 Å². The lowest BCUT2D eigenvalue weighted by Crippen LogP contribution is -2.33. The molecule has 0 aliphatic rings. The predicted octanol–water partition coefficient (Wildman–Crippen LogP) is 6.86. The Bertz CT molecular complexity index is 951. The Balaban J connectivity index is 2.06. The smallest absolute Gasteiger partial charge is 0.431 e. The molecular weight excluding hydrogens is 387 g/mol. The first-order chi connectivity index (χ1) is 14.4. The molecule has 156 valence electrons. The molecule has 0 spiro atoms. The first-order valence-electron chi connectivity index (χ1n) is 9.67. The second kappa shape index (κ2) is 9.53. The van der Waals surface area contributed by atoms with Gasteiger partial charge in [-0.15, -0.1) is 0 Å². The van der Waals surface area contributed by atoms with Gasteiger partial charge in [0.15, 0.2) is 0 Å². The molecular formula is C25H24F3NO. The van der Waals surface area contributed by atoms with Gasteiger partial charge in [-0.05, 0) is 41.8 Å². The summed E-state index contributed by atoms with van der Waals surface area (Å²) in [5.41, 5.74) is 1.40. The molecule has 0 saturated heterocycles. The average molecular weight is 411 g/mol. The summed E-state index contributed by atoms with van der Waals surface area (Å²) in [4.78, 5) is 1.41. The van der Waals surface area contributed by atoms with Crippen molar-refractivity contribution in [1.29, 1.82) is 0 Å². The summed E-state index contributed by atoms with van der Waals surface area (Å²) in [6.07, 6.45) is -3.32. The minimum atomic E-state index is -4.52. The van der Waals surface area contributed by atoms with Gasteiger partial charge >= 0.3 is 6.18 Å². The molecule has 0 radical (unpaired) electrons. The fourth-order valence-corrected chi connectivity index (χ4v) is 3.31. The summed E-state index contributed by atoms with van der Waals surface area (Å²) in [6, 6.07) is 24.5. The second-order valence-electron chi connectivity index (χ2n) is 7.00. The number of halogens is 3. The van der Waals surface area contributed by atoms with Gasteiger partial charge in [0.25, 0.3) is 0 Å². The lowest BCUT2D eigenvalue weighted by Gasteiger charge is -2.35. The maximum absolute atomic E-state index is 14.2. The maximum Gasteiger partial charge on any atom is 0.431 e. The van der Waals surface area contributed by atoms with Crippen LogP contribution in [0.1, 0.15) is 29.7 Å². The molecule has 0 bridgehead atoms. The van der Waals surface area contributed by atoms with E-state index in [0.717, 1.165) is 11.1 Å². The highest BCUT2D eigenvalue weighted by Gasteiger charge is 2.39. The van der Waals surface area contributed by atoms with E-state index in [-0.39, 0.29) is 6.54 Å². The third kappa shape index (κ3) is 5.44. The number of rotatable bonds is 7. The minimum Gasteiger partial charge on any atom is -0.497 e. The lowest BCUT2D eigenvalue weighted by molar-refractivity contribution is -0.114. The van der Waals surface area contributed by atoms with Crippen LogP contribution in [-0.2, 0) is 6.54 Å². The molecule has 0 fully saturated rings. The van der Waals surface area contributed by atoms with E-state index in [1.807, 2.05) is 60.7 Å². The SMILES string of the molecule is COc1ccc(/C=C(\N(Cc2ccccc2)C(C)c2ccccc2)C(F)(F)F)cc1. The Morgan fingerprint density at radius 3 is 2.00 bits per heavy atom. The highest BCUT2D eigenvalue weighted by Crippen LogP contribution is 2.37. The molecule has 0 heterocycles. The molecule has 0 N–H and O–H groups in total. The first-order valence-corrected chi connectivity index (χ1v) is 9.67. The van der Waals surface area contributed by atoms with Gasteiger partial charge < -0.3 is 9.64 Å². The average Bonchev–Trinajstić information content (AvgIpc) is 2.76. The summed E-state index contributed by atoms with van der Waals surface area (Å²) >= 11 is 0. The Labute approximate surface area is 175 Å². The van der Waals surface area contributed by atoms with E-state index in [1.54, 1.807) is 31.2 Å². The van der Waals surface area contributed by atoms with E-state index in [9.17, 15) is 13.2 Å². The van der Waals surface area contributed by atoms with Crippen molar-refractivity contribution in [3.05, 3.63) is 107 Å². The monoisotopic (exact) mass is 411 g/mol. The fourth-order valence-electron chi connectivity index (χ4n) is 3.31. The number of nitrogens with zero attached hydrogens (tertiary/aromatic N) is 1. The molecule has 3 aromatic carbocycles. The third-order valence-corrected chi connectivity index (χ3v) is 4.96. The van der Waals surface area contributed by atoms with Gasteiger partial charge in [0.2, 0.25) is 0 Å². The topological polar surface area (TPSA) is 12.5 Å². The Kier molecular flexibility index (Phi) is 6.83. The van der Waals surface area contributed by atoms with Crippen LogP contribution in [0.5, 0.6) is 5.75 Å². The fraction of sp³-hybridized carbons (Fsp3) is 0.200. The van der Waals surface area contributed by atoms with Crippen molar-refractivity contribution in [3.63, 3.8) is 0 Å². The first kappa shape index (κ1) is 21.5. The van der Waals surface area contributed by atoms with Gasteiger partial charge in [-0.3, -0.25) is 0 Å². The Hall–Kier alpha value is -3.21. The van der Waals surface area contributed by atoms with Crippen LogP contribution >= 0.6 is 0 Å². The molecule has 3 aromatic rings. The van der Waals surface area contributed by atoms with Gasteiger partial charge in [-0.2, -0.15) is 13.2 Å².